The van der Waals surface area contributed by atoms with Gasteiger partial charge in [-0.3, -0.25) is 9.59 Å². The summed E-state index contributed by atoms with van der Waals surface area (Å²) in [6.07, 6.45) is -0.733. The topological polar surface area (TPSA) is 75.4 Å². The van der Waals surface area contributed by atoms with Gasteiger partial charge in [-0.1, -0.05) is 12.1 Å². The van der Waals surface area contributed by atoms with E-state index < -0.39 is 23.3 Å². The molecule has 2 aromatic rings. The van der Waals surface area contributed by atoms with Crippen molar-refractivity contribution < 1.29 is 14.3 Å². The second kappa shape index (κ2) is 6.70. The molecule has 0 saturated carbocycles. The molecule has 23 heavy (non-hydrogen) atoms. The van der Waals surface area contributed by atoms with Gasteiger partial charge in [-0.25, -0.2) is 9.07 Å². The largest absolute Gasteiger partial charge is 0.392 e. The molecule has 1 atom stereocenters. The first-order valence-electron chi connectivity index (χ1n) is 7.10. The maximum absolute atomic E-state index is 14.0. The molecule has 0 radical (unpaired) electrons. The molecule has 0 fully saturated rings. The maximum atomic E-state index is 14.0. The summed E-state index contributed by atoms with van der Waals surface area (Å²) in [7, 11) is 1.46. The molecule has 1 aromatic heterocycles. The van der Waals surface area contributed by atoms with E-state index in [1.54, 1.807) is 19.1 Å². The van der Waals surface area contributed by atoms with Gasteiger partial charge < -0.3 is 10.0 Å². The first-order chi connectivity index (χ1) is 10.8. The Bertz CT molecular complexity index is 786. The number of aryl methyl sites for hydroxylation is 1. The molecular formula is C16H18FN3O3. The van der Waals surface area contributed by atoms with Gasteiger partial charge >= 0.3 is 0 Å². The van der Waals surface area contributed by atoms with Crippen molar-refractivity contribution in [3.05, 3.63) is 57.8 Å². The lowest BCUT2D eigenvalue weighted by atomic mass is 10.2. The number of hydrogen-bond acceptors (Lipinski definition) is 4. The van der Waals surface area contributed by atoms with E-state index in [-0.39, 0.29) is 17.9 Å². The van der Waals surface area contributed by atoms with Crippen LogP contribution in [0.1, 0.15) is 23.1 Å². The molecule has 0 bridgehead atoms. The maximum Gasteiger partial charge on any atom is 0.278 e. The Morgan fingerprint density at radius 1 is 1.43 bits per heavy atom. The van der Waals surface area contributed by atoms with E-state index in [0.29, 0.717) is 5.69 Å². The number of carbonyl (C=O) groups is 1. The first kappa shape index (κ1) is 16.8. The van der Waals surface area contributed by atoms with Crippen LogP contribution in [0, 0.1) is 12.7 Å². The number of aliphatic hydroxyl groups is 1. The summed E-state index contributed by atoms with van der Waals surface area (Å²) >= 11 is 0. The van der Waals surface area contributed by atoms with Crippen LogP contribution in [0.25, 0.3) is 5.69 Å². The van der Waals surface area contributed by atoms with Crippen molar-refractivity contribution in [2.45, 2.75) is 20.0 Å². The number of likely N-dealkylation sites (N-methyl/N-ethyl adjacent to an activating group) is 1. The lowest BCUT2D eigenvalue weighted by Crippen LogP contribution is -2.37. The molecule has 6 nitrogen and oxygen atoms in total. The van der Waals surface area contributed by atoms with Gasteiger partial charge in [0.1, 0.15) is 11.5 Å². The van der Waals surface area contributed by atoms with Crippen molar-refractivity contribution in [1.29, 1.82) is 0 Å². The second-order valence-corrected chi connectivity index (χ2v) is 5.40. The lowest BCUT2D eigenvalue weighted by molar-refractivity contribution is 0.0695. The molecule has 1 amide bonds. The predicted molar refractivity (Wildman–Crippen MR) is 83.2 cm³/mol. The van der Waals surface area contributed by atoms with E-state index in [9.17, 15) is 19.1 Å². The van der Waals surface area contributed by atoms with Crippen molar-refractivity contribution in [1.82, 2.24) is 14.7 Å². The number of hydrogen-bond donors (Lipinski definition) is 1. The third kappa shape index (κ3) is 3.62. The van der Waals surface area contributed by atoms with Crippen molar-refractivity contribution >= 4 is 5.91 Å². The number of rotatable bonds is 4. The summed E-state index contributed by atoms with van der Waals surface area (Å²) in [5, 5.41) is 13.4. The molecule has 122 valence electrons. The monoisotopic (exact) mass is 319 g/mol. The Hall–Kier alpha value is -2.54. The molecule has 0 aliphatic heterocycles. The molecule has 1 N–H and O–H groups in total. The Balaban J connectivity index is 2.51. The number of halogens is 1. The zero-order valence-corrected chi connectivity index (χ0v) is 13.2. The quantitative estimate of drug-likeness (QED) is 0.917. The van der Waals surface area contributed by atoms with Crippen molar-refractivity contribution in [2.24, 2.45) is 0 Å². The smallest absolute Gasteiger partial charge is 0.278 e. The standard InChI is InChI=1S/C16H18FN3O3/c1-10-8-14(22)15(16(23)19(3)9-11(2)21)18-20(10)13-7-5-4-6-12(13)17/h4-8,11,21H,9H2,1-3H3. The fourth-order valence-electron chi connectivity index (χ4n) is 2.22. The first-order valence-corrected chi connectivity index (χ1v) is 7.10. The van der Waals surface area contributed by atoms with Gasteiger partial charge in [-0.05, 0) is 26.0 Å². The van der Waals surface area contributed by atoms with Gasteiger partial charge in [0, 0.05) is 25.4 Å². The molecule has 0 aliphatic rings. The highest BCUT2D eigenvalue weighted by Crippen LogP contribution is 2.13. The van der Waals surface area contributed by atoms with Crippen LogP contribution in [-0.4, -0.2) is 45.4 Å². The van der Waals surface area contributed by atoms with Crippen LogP contribution in [0.3, 0.4) is 0 Å². The van der Waals surface area contributed by atoms with Crippen LogP contribution in [0.2, 0.25) is 0 Å². The molecule has 1 heterocycles. The number of para-hydroxylation sites is 1. The highest BCUT2D eigenvalue weighted by Gasteiger charge is 2.20. The summed E-state index contributed by atoms with van der Waals surface area (Å²) in [5.74, 6) is -1.14. The molecule has 1 unspecified atom stereocenters. The zero-order chi connectivity index (χ0) is 17.1. The number of nitrogens with zero attached hydrogens (tertiary/aromatic N) is 3. The van der Waals surface area contributed by atoms with E-state index in [0.717, 1.165) is 0 Å². The number of benzene rings is 1. The highest BCUT2D eigenvalue weighted by molar-refractivity contribution is 5.91. The fourth-order valence-corrected chi connectivity index (χ4v) is 2.22. The van der Waals surface area contributed by atoms with Crippen LogP contribution in [0.4, 0.5) is 4.39 Å². The van der Waals surface area contributed by atoms with E-state index >= 15 is 0 Å². The van der Waals surface area contributed by atoms with Gasteiger partial charge in [0.25, 0.3) is 5.91 Å². The van der Waals surface area contributed by atoms with Crippen molar-refractivity contribution in [3.8, 4) is 5.69 Å². The molecule has 7 heteroatoms. The van der Waals surface area contributed by atoms with Crippen molar-refractivity contribution in [2.75, 3.05) is 13.6 Å². The third-order valence-corrected chi connectivity index (χ3v) is 3.28. The molecular weight excluding hydrogens is 301 g/mol. The fraction of sp³-hybridized carbons (Fsp3) is 0.312. The average molecular weight is 319 g/mol. The molecule has 0 saturated heterocycles. The van der Waals surface area contributed by atoms with Crippen LogP contribution < -0.4 is 5.43 Å². The summed E-state index contributed by atoms with van der Waals surface area (Å²) < 4.78 is 15.2. The van der Waals surface area contributed by atoms with Gasteiger partial charge in [-0.2, -0.15) is 5.10 Å². The Morgan fingerprint density at radius 3 is 2.70 bits per heavy atom. The van der Waals surface area contributed by atoms with Crippen LogP contribution in [-0.2, 0) is 0 Å². The predicted octanol–water partition coefficient (Wildman–Crippen LogP) is 1.13. The Morgan fingerprint density at radius 2 is 2.09 bits per heavy atom. The highest BCUT2D eigenvalue weighted by atomic mass is 19.1. The minimum Gasteiger partial charge on any atom is -0.392 e. The Labute approximate surface area is 132 Å². The number of amides is 1. The third-order valence-electron chi connectivity index (χ3n) is 3.28. The summed E-state index contributed by atoms with van der Waals surface area (Å²) in [4.78, 5) is 25.6. The van der Waals surface area contributed by atoms with Gasteiger partial charge in [0.2, 0.25) is 5.43 Å². The van der Waals surface area contributed by atoms with Crippen molar-refractivity contribution in [3.63, 3.8) is 0 Å². The normalized spacial score (nSPS) is 12.0. The van der Waals surface area contributed by atoms with Gasteiger partial charge in [0.15, 0.2) is 5.69 Å². The molecule has 2 rings (SSSR count). The van der Waals surface area contributed by atoms with Gasteiger partial charge in [0.05, 0.1) is 6.10 Å². The molecule has 0 aliphatic carbocycles. The average Bonchev–Trinajstić information content (AvgIpc) is 2.47. The lowest BCUT2D eigenvalue weighted by Gasteiger charge is -2.19. The van der Waals surface area contributed by atoms with E-state index in [4.69, 9.17) is 0 Å². The Kier molecular flexibility index (Phi) is 4.90. The summed E-state index contributed by atoms with van der Waals surface area (Å²) in [6, 6.07) is 7.20. The zero-order valence-electron chi connectivity index (χ0n) is 13.2. The summed E-state index contributed by atoms with van der Waals surface area (Å²) in [5.41, 5.74) is -0.299. The number of aromatic nitrogens is 2. The molecule has 0 spiro atoms. The van der Waals surface area contributed by atoms with Crippen LogP contribution in [0.15, 0.2) is 35.1 Å². The number of aliphatic hydroxyl groups excluding tert-OH is 1. The van der Waals surface area contributed by atoms with E-state index in [2.05, 4.69) is 5.10 Å². The summed E-state index contributed by atoms with van der Waals surface area (Å²) in [6.45, 7) is 3.20. The second-order valence-electron chi connectivity index (χ2n) is 5.40. The minimum absolute atomic E-state index is 0.0630. The molecule has 1 aromatic carbocycles. The van der Waals surface area contributed by atoms with Crippen LogP contribution in [0.5, 0.6) is 0 Å². The SMILES string of the molecule is Cc1cc(=O)c(C(=O)N(C)CC(C)O)nn1-c1ccccc1F. The minimum atomic E-state index is -0.733. The van der Waals surface area contributed by atoms with E-state index in [1.165, 1.54) is 41.8 Å². The van der Waals surface area contributed by atoms with Gasteiger partial charge in [-0.15, -0.1) is 0 Å². The number of carbonyl (C=O) groups excluding carboxylic acids is 1. The van der Waals surface area contributed by atoms with E-state index in [1.807, 2.05) is 0 Å². The van der Waals surface area contributed by atoms with Crippen LogP contribution >= 0.6 is 0 Å².